The zero-order valence-corrected chi connectivity index (χ0v) is 22.1. The van der Waals surface area contributed by atoms with Gasteiger partial charge >= 0.3 is 0 Å². The maximum absolute atomic E-state index is 12.6. The first kappa shape index (κ1) is 24.7. The van der Waals surface area contributed by atoms with Crippen molar-refractivity contribution in [2.45, 2.75) is 13.2 Å². The molecule has 190 valence electrons. The van der Waals surface area contributed by atoms with Crippen molar-refractivity contribution in [2.75, 3.05) is 21.3 Å². The predicted octanol–water partition coefficient (Wildman–Crippen LogP) is 6.61. The fraction of sp³-hybridized carbons (Fsp3) is 0.185. The number of amides is 1. The summed E-state index contributed by atoms with van der Waals surface area (Å²) in [5.41, 5.74) is 0.546. The number of halogens is 1. The first-order valence-corrected chi connectivity index (χ1v) is 12.4. The number of benzene rings is 3. The third-order valence-corrected chi connectivity index (χ3v) is 7.40. The molecule has 0 spiro atoms. The Morgan fingerprint density at radius 3 is 2.41 bits per heavy atom. The van der Waals surface area contributed by atoms with E-state index in [0.717, 1.165) is 15.8 Å². The molecule has 0 saturated heterocycles. The number of carbonyl (C=O) groups is 1. The van der Waals surface area contributed by atoms with Crippen LogP contribution in [0, 0.1) is 0 Å². The number of fused-ring (bicyclic) bond motifs is 1. The molecule has 37 heavy (non-hydrogen) atoms. The highest BCUT2D eigenvalue weighted by Gasteiger charge is 2.38. The Balaban J connectivity index is 1.51. The van der Waals surface area contributed by atoms with E-state index in [0.29, 0.717) is 38.5 Å². The van der Waals surface area contributed by atoms with Crippen LogP contribution in [0.5, 0.6) is 28.7 Å². The summed E-state index contributed by atoms with van der Waals surface area (Å²) in [5, 5.41) is 6.99. The van der Waals surface area contributed by atoms with Gasteiger partial charge in [-0.2, -0.15) is 5.01 Å². The lowest BCUT2D eigenvalue weighted by atomic mass is 10.1. The molecular weight excluding hydrogens is 516 g/mol. The molecule has 10 heteroatoms. The van der Waals surface area contributed by atoms with Crippen molar-refractivity contribution < 1.29 is 28.5 Å². The summed E-state index contributed by atoms with van der Waals surface area (Å²) >= 11 is 8.22. The highest BCUT2D eigenvalue weighted by atomic mass is 35.5. The molecule has 0 radical (unpaired) electrons. The van der Waals surface area contributed by atoms with Gasteiger partial charge in [-0.3, -0.25) is 4.79 Å². The molecule has 1 aliphatic rings. The molecule has 8 nitrogen and oxygen atoms in total. The van der Waals surface area contributed by atoms with Crippen LogP contribution < -0.4 is 18.9 Å². The zero-order chi connectivity index (χ0) is 26.1. The van der Waals surface area contributed by atoms with Crippen LogP contribution in [0.2, 0.25) is 5.02 Å². The van der Waals surface area contributed by atoms with Crippen LogP contribution in [0.15, 0.2) is 65.8 Å². The van der Waals surface area contributed by atoms with E-state index < -0.39 is 6.23 Å². The van der Waals surface area contributed by atoms with Crippen LogP contribution in [-0.4, -0.2) is 38.1 Å². The largest absolute Gasteiger partial charge is 0.493 e. The van der Waals surface area contributed by atoms with Gasteiger partial charge < -0.3 is 23.7 Å². The van der Waals surface area contributed by atoms with E-state index in [2.05, 4.69) is 5.10 Å². The normalized spacial score (nSPS) is 14.8. The topological polar surface area (TPSA) is 78.8 Å². The third kappa shape index (κ3) is 4.52. The third-order valence-electron chi connectivity index (χ3n) is 5.74. The maximum Gasteiger partial charge on any atom is 0.252 e. The van der Waals surface area contributed by atoms with Crippen molar-refractivity contribution >= 4 is 44.8 Å². The van der Waals surface area contributed by atoms with E-state index in [1.165, 1.54) is 44.6 Å². The zero-order valence-electron chi connectivity index (χ0n) is 20.5. The van der Waals surface area contributed by atoms with Crippen LogP contribution in [0.25, 0.3) is 10.1 Å². The Bertz CT molecular complexity index is 1500. The van der Waals surface area contributed by atoms with E-state index in [-0.39, 0.29) is 11.8 Å². The Hall–Kier alpha value is -3.95. The van der Waals surface area contributed by atoms with Gasteiger partial charge in [0.1, 0.15) is 16.4 Å². The number of ether oxygens (including phenoxy) is 5. The second-order valence-corrected chi connectivity index (χ2v) is 9.41. The Morgan fingerprint density at radius 1 is 0.973 bits per heavy atom. The molecule has 1 amide bonds. The summed E-state index contributed by atoms with van der Waals surface area (Å²) in [6, 6.07) is 18.6. The van der Waals surface area contributed by atoms with Gasteiger partial charge in [0.15, 0.2) is 11.5 Å². The van der Waals surface area contributed by atoms with Gasteiger partial charge in [-0.15, -0.1) is 16.4 Å². The summed E-state index contributed by atoms with van der Waals surface area (Å²) in [6.07, 6.45) is -0.888. The molecule has 2 heterocycles. The van der Waals surface area contributed by atoms with Crippen LogP contribution >= 0.6 is 22.9 Å². The monoisotopic (exact) mass is 538 g/mol. The van der Waals surface area contributed by atoms with Gasteiger partial charge in [-0.05, 0) is 42.5 Å². The van der Waals surface area contributed by atoms with Crippen LogP contribution in [-0.2, 0) is 9.53 Å². The van der Waals surface area contributed by atoms with Gasteiger partial charge in [0.2, 0.25) is 17.9 Å². The minimum atomic E-state index is -0.888. The summed E-state index contributed by atoms with van der Waals surface area (Å²) in [5.74, 6) is 2.53. The molecular formula is C27H23ClN2O6S. The number of methoxy groups -OCH3 is 3. The molecule has 0 aliphatic carbocycles. The molecule has 4 aromatic rings. The highest BCUT2D eigenvalue weighted by molar-refractivity contribution is 7.21. The lowest BCUT2D eigenvalue weighted by molar-refractivity contribution is -0.135. The second kappa shape index (κ2) is 10.2. The summed E-state index contributed by atoms with van der Waals surface area (Å²) in [4.78, 5) is 13.2. The Kier molecular flexibility index (Phi) is 6.82. The molecule has 0 fully saturated rings. The standard InChI is InChI=1S/C27H23ClN2O6S/c1-15(31)30-27(18-11-12-20(32-2)24(34-4)23(18)33-3)36-26(29-30)25-22(28)19-14-17(10-13-21(19)37-25)35-16-8-6-5-7-9-16/h5-14,27H,1-4H3. The molecule has 5 rings (SSSR count). The van der Waals surface area contributed by atoms with Gasteiger partial charge in [-0.1, -0.05) is 29.8 Å². The van der Waals surface area contributed by atoms with Crippen molar-refractivity contribution in [1.29, 1.82) is 0 Å². The van der Waals surface area contributed by atoms with Gasteiger partial charge in [0.25, 0.3) is 5.90 Å². The summed E-state index contributed by atoms with van der Waals surface area (Å²) < 4.78 is 29.6. The number of thiophene rings is 1. The number of hydrogen-bond donors (Lipinski definition) is 0. The minimum Gasteiger partial charge on any atom is -0.493 e. The summed E-state index contributed by atoms with van der Waals surface area (Å²) in [6.45, 7) is 1.41. The maximum atomic E-state index is 12.6. The fourth-order valence-corrected chi connectivity index (χ4v) is 5.46. The number of rotatable bonds is 7. The molecule has 3 aromatic carbocycles. The Labute approximate surface area is 222 Å². The molecule has 1 unspecified atom stereocenters. The SMILES string of the molecule is COc1ccc(C2OC(c3sc4ccc(Oc5ccccc5)cc4c3Cl)=NN2C(C)=O)c(OC)c1OC. The first-order valence-electron chi connectivity index (χ1n) is 11.2. The number of hydrazone groups is 1. The van der Waals surface area contributed by atoms with E-state index in [4.69, 9.17) is 35.3 Å². The van der Waals surface area contributed by atoms with Crippen molar-refractivity contribution in [2.24, 2.45) is 5.10 Å². The lowest BCUT2D eigenvalue weighted by Crippen LogP contribution is -2.25. The molecule has 0 N–H and O–H groups in total. The number of nitrogens with zero attached hydrogens (tertiary/aromatic N) is 2. The average molecular weight is 539 g/mol. The highest BCUT2D eigenvalue weighted by Crippen LogP contribution is 2.46. The van der Waals surface area contributed by atoms with Gasteiger partial charge in [-0.25, -0.2) is 0 Å². The van der Waals surface area contributed by atoms with E-state index in [1.54, 1.807) is 12.1 Å². The Morgan fingerprint density at radius 2 is 1.73 bits per heavy atom. The van der Waals surface area contributed by atoms with Crippen molar-refractivity contribution in [3.63, 3.8) is 0 Å². The van der Waals surface area contributed by atoms with Crippen LogP contribution in [0.4, 0.5) is 0 Å². The quantitative estimate of drug-likeness (QED) is 0.263. The van der Waals surface area contributed by atoms with Crippen molar-refractivity contribution in [1.82, 2.24) is 5.01 Å². The van der Waals surface area contributed by atoms with E-state index in [1.807, 2.05) is 48.5 Å². The van der Waals surface area contributed by atoms with Gasteiger partial charge in [0, 0.05) is 17.0 Å². The average Bonchev–Trinajstić information content (AvgIpc) is 3.50. The molecule has 1 aliphatic heterocycles. The van der Waals surface area contributed by atoms with E-state index >= 15 is 0 Å². The van der Waals surface area contributed by atoms with Crippen molar-refractivity contribution in [3.8, 4) is 28.7 Å². The summed E-state index contributed by atoms with van der Waals surface area (Å²) in [7, 11) is 4.55. The van der Waals surface area contributed by atoms with E-state index in [9.17, 15) is 4.79 Å². The molecule has 0 bridgehead atoms. The molecule has 0 saturated carbocycles. The number of para-hydroxylation sites is 1. The molecule has 1 aromatic heterocycles. The number of hydrogen-bond acceptors (Lipinski definition) is 8. The fourth-order valence-electron chi connectivity index (χ4n) is 4.05. The smallest absolute Gasteiger partial charge is 0.252 e. The van der Waals surface area contributed by atoms with Crippen molar-refractivity contribution in [3.05, 3.63) is 76.1 Å². The minimum absolute atomic E-state index is 0.230. The lowest BCUT2D eigenvalue weighted by Gasteiger charge is -2.23. The number of carbonyl (C=O) groups excluding carboxylic acids is 1. The second-order valence-electron chi connectivity index (χ2n) is 7.98. The van der Waals surface area contributed by atoms with Crippen LogP contribution in [0.1, 0.15) is 23.6 Å². The molecule has 1 atom stereocenters. The predicted molar refractivity (Wildman–Crippen MR) is 142 cm³/mol. The first-order chi connectivity index (χ1) is 17.9. The van der Waals surface area contributed by atoms with Gasteiger partial charge in [0.05, 0.1) is 31.9 Å². The van der Waals surface area contributed by atoms with Crippen LogP contribution in [0.3, 0.4) is 0 Å².